The summed E-state index contributed by atoms with van der Waals surface area (Å²) >= 11 is 1.89. The number of nitrogens with one attached hydrogen (secondary N) is 1. The van der Waals surface area contributed by atoms with Crippen LogP contribution in [0.3, 0.4) is 0 Å². The van der Waals surface area contributed by atoms with Gasteiger partial charge in [-0.3, -0.25) is 0 Å². The molecule has 0 amide bonds. The van der Waals surface area contributed by atoms with Crippen molar-refractivity contribution in [1.82, 2.24) is 5.32 Å². The summed E-state index contributed by atoms with van der Waals surface area (Å²) in [4.78, 5) is 2.87. The molecule has 1 aromatic rings. The zero-order valence-corrected chi connectivity index (χ0v) is 11.4. The summed E-state index contributed by atoms with van der Waals surface area (Å²) in [5.41, 5.74) is 1.90. The molecule has 0 aliphatic carbocycles. The van der Waals surface area contributed by atoms with Crippen molar-refractivity contribution in [1.29, 1.82) is 0 Å². The van der Waals surface area contributed by atoms with E-state index in [-0.39, 0.29) is 0 Å². The first kappa shape index (κ1) is 12.7. The van der Waals surface area contributed by atoms with E-state index in [0.717, 1.165) is 13.1 Å². The van der Waals surface area contributed by atoms with Gasteiger partial charge in [0.15, 0.2) is 0 Å². The van der Waals surface area contributed by atoms with Gasteiger partial charge in [-0.1, -0.05) is 20.8 Å². The molecule has 0 bridgehead atoms. The minimum Gasteiger partial charge on any atom is -0.313 e. The maximum Gasteiger partial charge on any atom is 0.0216 e. The first-order valence-electron chi connectivity index (χ1n) is 5.65. The fraction of sp³-hybridized carbons (Fsp3) is 0.692. The number of aryl methyl sites for hydroxylation is 2. The number of thiophene rings is 1. The molecule has 1 heterocycles. The Kier molecular flexibility index (Phi) is 4.35. The van der Waals surface area contributed by atoms with E-state index in [2.05, 4.69) is 46.0 Å². The van der Waals surface area contributed by atoms with E-state index in [4.69, 9.17) is 0 Å². The van der Waals surface area contributed by atoms with E-state index < -0.39 is 0 Å². The summed E-state index contributed by atoms with van der Waals surface area (Å²) in [6.07, 6.45) is 1.23. The molecule has 1 N–H and O–H groups in total. The van der Waals surface area contributed by atoms with Crippen molar-refractivity contribution in [3.8, 4) is 0 Å². The maximum atomic E-state index is 3.52. The summed E-state index contributed by atoms with van der Waals surface area (Å²) in [5.74, 6) is 0. The summed E-state index contributed by atoms with van der Waals surface area (Å²) in [5, 5.41) is 3.52. The van der Waals surface area contributed by atoms with Gasteiger partial charge in [0.25, 0.3) is 0 Å². The van der Waals surface area contributed by atoms with Gasteiger partial charge >= 0.3 is 0 Å². The SMILES string of the molecule is Cc1cc(CNCCC(C)(C)C)c(C)s1. The highest BCUT2D eigenvalue weighted by Crippen LogP contribution is 2.21. The Morgan fingerprint density at radius 2 is 1.93 bits per heavy atom. The fourth-order valence-corrected chi connectivity index (χ4v) is 2.49. The lowest BCUT2D eigenvalue weighted by Crippen LogP contribution is -2.20. The van der Waals surface area contributed by atoms with Crippen LogP contribution >= 0.6 is 11.3 Å². The fourth-order valence-electron chi connectivity index (χ4n) is 1.55. The monoisotopic (exact) mass is 225 g/mol. The lowest BCUT2D eigenvalue weighted by molar-refractivity contribution is 0.366. The summed E-state index contributed by atoms with van der Waals surface area (Å²) in [6, 6.07) is 2.30. The molecule has 1 rings (SSSR count). The summed E-state index contributed by atoms with van der Waals surface area (Å²) in [7, 11) is 0. The topological polar surface area (TPSA) is 12.0 Å². The van der Waals surface area contributed by atoms with E-state index in [1.807, 2.05) is 11.3 Å². The Hall–Kier alpha value is -0.340. The minimum absolute atomic E-state index is 0.437. The molecule has 0 aliphatic rings. The Balaban J connectivity index is 2.29. The predicted molar refractivity (Wildman–Crippen MR) is 69.6 cm³/mol. The molecule has 0 unspecified atom stereocenters. The van der Waals surface area contributed by atoms with Gasteiger partial charge < -0.3 is 5.32 Å². The zero-order chi connectivity index (χ0) is 11.5. The second-order valence-corrected chi connectivity index (χ2v) is 6.89. The van der Waals surface area contributed by atoms with Gasteiger partial charge in [-0.25, -0.2) is 0 Å². The number of hydrogen-bond donors (Lipinski definition) is 1. The molecule has 1 nitrogen and oxygen atoms in total. The van der Waals surface area contributed by atoms with Gasteiger partial charge in [0.1, 0.15) is 0 Å². The van der Waals surface area contributed by atoms with Gasteiger partial charge in [-0.15, -0.1) is 11.3 Å². The lowest BCUT2D eigenvalue weighted by atomic mass is 9.92. The quantitative estimate of drug-likeness (QED) is 0.767. The van der Waals surface area contributed by atoms with E-state index >= 15 is 0 Å². The minimum atomic E-state index is 0.437. The van der Waals surface area contributed by atoms with Crippen LogP contribution in [0.5, 0.6) is 0 Å². The van der Waals surface area contributed by atoms with Crippen LogP contribution < -0.4 is 5.32 Å². The van der Waals surface area contributed by atoms with Crippen LogP contribution in [0.4, 0.5) is 0 Å². The molecule has 0 fully saturated rings. The van der Waals surface area contributed by atoms with Crippen molar-refractivity contribution in [3.63, 3.8) is 0 Å². The molecule has 0 spiro atoms. The molecule has 2 heteroatoms. The largest absolute Gasteiger partial charge is 0.313 e. The van der Waals surface area contributed by atoms with Gasteiger partial charge in [0.05, 0.1) is 0 Å². The van der Waals surface area contributed by atoms with Crippen LogP contribution in [0.2, 0.25) is 0 Å². The Morgan fingerprint density at radius 1 is 1.27 bits per heavy atom. The third-order valence-electron chi connectivity index (χ3n) is 2.51. The van der Waals surface area contributed by atoms with E-state index in [0.29, 0.717) is 5.41 Å². The molecule has 0 saturated heterocycles. The van der Waals surface area contributed by atoms with Crippen LogP contribution in [-0.4, -0.2) is 6.54 Å². The second-order valence-electron chi connectivity index (χ2n) is 5.43. The Labute approximate surface area is 97.9 Å². The summed E-state index contributed by atoms with van der Waals surface area (Å²) < 4.78 is 0. The van der Waals surface area contributed by atoms with Crippen LogP contribution in [0.25, 0.3) is 0 Å². The van der Waals surface area contributed by atoms with Crippen LogP contribution in [-0.2, 0) is 6.54 Å². The molecule has 1 aromatic heterocycles. The molecular weight excluding hydrogens is 202 g/mol. The van der Waals surface area contributed by atoms with Crippen molar-refractivity contribution in [2.24, 2.45) is 5.41 Å². The van der Waals surface area contributed by atoms with E-state index in [9.17, 15) is 0 Å². The zero-order valence-electron chi connectivity index (χ0n) is 10.6. The molecule has 0 aromatic carbocycles. The van der Waals surface area contributed by atoms with Crippen molar-refractivity contribution >= 4 is 11.3 Å². The van der Waals surface area contributed by atoms with Gasteiger partial charge in [-0.2, -0.15) is 0 Å². The van der Waals surface area contributed by atoms with Crippen LogP contribution in [0.15, 0.2) is 6.07 Å². The van der Waals surface area contributed by atoms with Crippen molar-refractivity contribution in [2.45, 2.75) is 47.6 Å². The smallest absolute Gasteiger partial charge is 0.0216 e. The number of rotatable bonds is 4. The second kappa shape index (κ2) is 5.13. The standard InChI is InChI=1S/C13H23NS/c1-10-8-12(11(2)15-10)9-14-7-6-13(3,4)5/h8,14H,6-7,9H2,1-5H3. The molecular formula is C13H23NS. The van der Waals surface area contributed by atoms with Gasteiger partial charge in [0.2, 0.25) is 0 Å². The van der Waals surface area contributed by atoms with Crippen molar-refractivity contribution in [3.05, 3.63) is 21.4 Å². The molecule has 15 heavy (non-hydrogen) atoms. The highest BCUT2D eigenvalue weighted by molar-refractivity contribution is 7.12. The van der Waals surface area contributed by atoms with Crippen molar-refractivity contribution < 1.29 is 0 Å². The predicted octanol–water partition coefficient (Wildman–Crippen LogP) is 3.89. The third-order valence-corrected chi connectivity index (χ3v) is 3.52. The maximum absolute atomic E-state index is 3.52. The molecule has 0 aliphatic heterocycles. The first-order valence-corrected chi connectivity index (χ1v) is 6.47. The van der Waals surface area contributed by atoms with Gasteiger partial charge in [0, 0.05) is 16.3 Å². The van der Waals surface area contributed by atoms with Crippen LogP contribution in [0, 0.1) is 19.3 Å². The molecule has 0 saturated carbocycles. The molecule has 0 atom stereocenters. The van der Waals surface area contributed by atoms with Gasteiger partial charge in [-0.05, 0) is 43.9 Å². The number of hydrogen-bond acceptors (Lipinski definition) is 2. The average molecular weight is 225 g/mol. The van der Waals surface area contributed by atoms with E-state index in [1.165, 1.54) is 21.7 Å². The molecule has 86 valence electrons. The normalized spacial score (nSPS) is 12.1. The Morgan fingerprint density at radius 3 is 2.40 bits per heavy atom. The summed E-state index contributed by atoms with van der Waals surface area (Å²) in [6.45, 7) is 13.4. The molecule has 0 radical (unpaired) electrons. The van der Waals surface area contributed by atoms with Crippen LogP contribution in [0.1, 0.15) is 42.5 Å². The Bertz CT molecular complexity index is 307. The third kappa shape index (κ3) is 4.80. The first-order chi connectivity index (χ1) is 6.88. The van der Waals surface area contributed by atoms with Crippen molar-refractivity contribution in [2.75, 3.05) is 6.54 Å². The highest BCUT2D eigenvalue weighted by atomic mass is 32.1. The van der Waals surface area contributed by atoms with E-state index in [1.54, 1.807) is 0 Å². The lowest BCUT2D eigenvalue weighted by Gasteiger charge is -2.18. The average Bonchev–Trinajstić information content (AvgIpc) is 2.37. The highest BCUT2D eigenvalue weighted by Gasteiger charge is 2.09.